The first kappa shape index (κ1) is 17.8. The van der Waals surface area contributed by atoms with Crippen molar-refractivity contribution in [2.75, 3.05) is 20.3 Å². The highest BCUT2D eigenvalue weighted by Gasteiger charge is 2.19. The summed E-state index contributed by atoms with van der Waals surface area (Å²) in [4.78, 5) is 15.7. The summed E-state index contributed by atoms with van der Waals surface area (Å²) in [6.45, 7) is 3.84. The van der Waals surface area contributed by atoms with E-state index < -0.39 is 0 Å². The Morgan fingerprint density at radius 3 is 3.04 bits per heavy atom. The molecule has 0 fully saturated rings. The molecule has 0 aliphatic carbocycles. The third-order valence-corrected chi connectivity index (χ3v) is 5.38. The topological polar surface area (TPSA) is 38.8 Å². The highest BCUT2D eigenvalue weighted by molar-refractivity contribution is 7.10. The standard InChI is InChI=1S/C19H20ClNO3S/c1-3-24-16-11-13(10-15(20)19(16)23-2)4-5-18(22)21-8-6-17-14(12-21)7-9-25-17/h4-5,7,9-11H,3,6,8,12H2,1-2H3/b5-4+. The normalized spacial score (nSPS) is 13.8. The fourth-order valence-corrected chi connectivity index (χ4v) is 4.04. The fraction of sp³-hybridized carbons (Fsp3) is 0.316. The molecule has 0 saturated carbocycles. The number of ether oxygens (including phenoxy) is 2. The zero-order valence-electron chi connectivity index (χ0n) is 14.3. The number of hydrogen-bond donors (Lipinski definition) is 0. The molecule has 0 radical (unpaired) electrons. The van der Waals surface area contributed by atoms with Crippen LogP contribution in [0.2, 0.25) is 5.02 Å². The van der Waals surface area contributed by atoms with Crippen LogP contribution < -0.4 is 9.47 Å². The van der Waals surface area contributed by atoms with Crippen LogP contribution in [0.15, 0.2) is 29.7 Å². The zero-order chi connectivity index (χ0) is 17.8. The molecular formula is C19H20ClNO3S. The van der Waals surface area contributed by atoms with Crippen molar-refractivity contribution in [2.24, 2.45) is 0 Å². The van der Waals surface area contributed by atoms with Gasteiger partial charge in [-0.05, 0) is 54.1 Å². The molecule has 1 amide bonds. The molecule has 0 unspecified atom stereocenters. The van der Waals surface area contributed by atoms with E-state index >= 15 is 0 Å². The van der Waals surface area contributed by atoms with E-state index in [4.69, 9.17) is 21.1 Å². The van der Waals surface area contributed by atoms with E-state index in [1.807, 2.05) is 17.9 Å². The second-order valence-electron chi connectivity index (χ2n) is 5.68. The molecule has 0 N–H and O–H groups in total. The number of nitrogens with zero attached hydrogens (tertiary/aromatic N) is 1. The number of benzene rings is 1. The number of thiophene rings is 1. The minimum absolute atomic E-state index is 0.00162. The van der Waals surface area contributed by atoms with Crippen molar-refractivity contribution in [3.63, 3.8) is 0 Å². The number of rotatable bonds is 5. The van der Waals surface area contributed by atoms with Crippen LogP contribution >= 0.6 is 22.9 Å². The Bertz CT molecular complexity index is 800. The molecule has 1 aliphatic rings. The van der Waals surface area contributed by atoms with Gasteiger partial charge in [0.25, 0.3) is 0 Å². The van der Waals surface area contributed by atoms with Crippen molar-refractivity contribution in [3.05, 3.63) is 50.7 Å². The van der Waals surface area contributed by atoms with Gasteiger partial charge in [-0.2, -0.15) is 0 Å². The maximum absolute atomic E-state index is 12.5. The summed E-state index contributed by atoms with van der Waals surface area (Å²) in [6, 6.07) is 5.69. The van der Waals surface area contributed by atoms with Crippen LogP contribution in [-0.4, -0.2) is 31.1 Å². The molecule has 3 rings (SSSR count). The van der Waals surface area contributed by atoms with Crippen LogP contribution in [0, 0.1) is 0 Å². The predicted molar refractivity (Wildman–Crippen MR) is 102 cm³/mol. The Kier molecular flexibility index (Phi) is 5.66. The SMILES string of the molecule is CCOc1cc(/C=C/C(=O)N2CCc3sccc3C2)cc(Cl)c1OC. The lowest BCUT2D eigenvalue weighted by Gasteiger charge is -2.25. The van der Waals surface area contributed by atoms with Crippen molar-refractivity contribution < 1.29 is 14.3 Å². The third-order valence-electron chi connectivity index (χ3n) is 4.07. The summed E-state index contributed by atoms with van der Waals surface area (Å²) in [7, 11) is 1.55. The molecule has 2 heterocycles. The number of halogens is 1. The van der Waals surface area contributed by atoms with Crippen molar-refractivity contribution in [3.8, 4) is 11.5 Å². The number of hydrogen-bond acceptors (Lipinski definition) is 4. The molecule has 25 heavy (non-hydrogen) atoms. The number of carbonyl (C=O) groups is 1. The molecule has 0 spiro atoms. The molecule has 1 aromatic carbocycles. The lowest BCUT2D eigenvalue weighted by molar-refractivity contribution is -0.126. The van der Waals surface area contributed by atoms with Crippen molar-refractivity contribution >= 4 is 34.9 Å². The van der Waals surface area contributed by atoms with E-state index in [1.165, 1.54) is 10.4 Å². The van der Waals surface area contributed by atoms with Gasteiger partial charge in [-0.1, -0.05) is 11.6 Å². The monoisotopic (exact) mass is 377 g/mol. The van der Waals surface area contributed by atoms with Crippen LogP contribution in [0.3, 0.4) is 0 Å². The van der Waals surface area contributed by atoms with E-state index in [-0.39, 0.29) is 5.91 Å². The van der Waals surface area contributed by atoms with Gasteiger partial charge in [-0.25, -0.2) is 0 Å². The maximum atomic E-state index is 12.5. The first-order valence-corrected chi connectivity index (χ1v) is 9.40. The summed E-state index contributed by atoms with van der Waals surface area (Å²) in [6.07, 6.45) is 4.28. The first-order chi connectivity index (χ1) is 12.1. The lowest BCUT2D eigenvalue weighted by Crippen LogP contribution is -2.34. The van der Waals surface area contributed by atoms with Gasteiger partial charge >= 0.3 is 0 Å². The molecule has 0 saturated heterocycles. The molecule has 4 nitrogen and oxygen atoms in total. The second-order valence-corrected chi connectivity index (χ2v) is 7.09. The van der Waals surface area contributed by atoms with Crippen LogP contribution in [0.25, 0.3) is 6.08 Å². The van der Waals surface area contributed by atoms with Crippen LogP contribution in [0.1, 0.15) is 22.9 Å². The predicted octanol–water partition coefficient (Wildman–Crippen LogP) is 4.41. The average Bonchev–Trinajstić information content (AvgIpc) is 3.07. The molecule has 0 bridgehead atoms. The van der Waals surface area contributed by atoms with Gasteiger partial charge in [0.2, 0.25) is 5.91 Å². The van der Waals surface area contributed by atoms with E-state index in [1.54, 1.807) is 36.7 Å². The minimum Gasteiger partial charge on any atom is -0.491 e. The van der Waals surface area contributed by atoms with Gasteiger partial charge in [-0.15, -0.1) is 11.3 Å². The number of carbonyl (C=O) groups excluding carboxylic acids is 1. The smallest absolute Gasteiger partial charge is 0.246 e. The lowest BCUT2D eigenvalue weighted by atomic mass is 10.1. The van der Waals surface area contributed by atoms with Crippen LogP contribution in [0.4, 0.5) is 0 Å². The number of amides is 1. The quantitative estimate of drug-likeness (QED) is 0.724. The van der Waals surface area contributed by atoms with E-state index in [0.29, 0.717) is 29.7 Å². The van der Waals surface area contributed by atoms with Gasteiger partial charge in [-0.3, -0.25) is 4.79 Å². The van der Waals surface area contributed by atoms with Gasteiger partial charge in [0.1, 0.15) is 0 Å². The molecule has 6 heteroatoms. The molecule has 0 atom stereocenters. The molecule has 1 aliphatic heterocycles. The Morgan fingerprint density at radius 2 is 2.28 bits per heavy atom. The molecular weight excluding hydrogens is 358 g/mol. The Hall–Kier alpha value is -1.98. The van der Waals surface area contributed by atoms with Crippen LogP contribution in [0.5, 0.6) is 11.5 Å². The molecule has 2 aromatic rings. The summed E-state index contributed by atoms with van der Waals surface area (Å²) in [5.41, 5.74) is 2.06. The highest BCUT2D eigenvalue weighted by Crippen LogP contribution is 2.36. The number of fused-ring (bicyclic) bond motifs is 1. The van der Waals surface area contributed by atoms with Crippen molar-refractivity contribution in [2.45, 2.75) is 19.9 Å². The fourth-order valence-electron chi connectivity index (χ4n) is 2.85. The Labute approximate surface area is 156 Å². The van der Waals surface area contributed by atoms with E-state index in [2.05, 4.69) is 11.4 Å². The van der Waals surface area contributed by atoms with E-state index in [0.717, 1.165) is 18.5 Å². The Balaban J connectivity index is 1.74. The molecule has 1 aromatic heterocycles. The van der Waals surface area contributed by atoms with Gasteiger partial charge in [0, 0.05) is 24.0 Å². The first-order valence-electron chi connectivity index (χ1n) is 8.15. The summed E-state index contributed by atoms with van der Waals surface area (Å²) >= 11 is 8.01. The van der Waals surface area contributed by atoms with Gasteiger partial charge in [0.05, 0.1) is 18.7 Å². The van der Waals surface area contributed by atoms with E-state index in [9.17, 15) is 4.79 Å². The molecule has 132 valence electrons. The summed E-state index contributed by atoms with van der Waals surface area (Å²) < 4.78 is 10.8. The average molecular weight is 378 g/mol. The summed E-state index contributed by atoms with van der Waals surface area (Å²) in [5.74, 6) is 1.08. The Morgan fingerprint density at radius 1 is 1.44 bits per heavy atom. The van der Waals surface area contributed by atoms with Crippen molar-refractivity contribution in [1.29, 1.82) is 0 Å². The van der Waals surface area contributed by atoms with Gasteiger partial charge in [0.15, 0.2) is 11.5 Å². The highest BCUT2D eigenvalue weighted by atomic mass is 35.5. The van der Waals surface area contributed by atoms with Crippen molar-refractivity contribution in [1.82, 2.24) is 4.90 Å². The largest absolute Gasteiger partial charge is 0.491 e. The van der Waals surface area contributed by atoms with Crippen LogP contribution in [-0.2, 0) is 17.8 Å². The van der Waals surface area contributed by atoms with Gasteiger partial charge < -0.3 is 14.4 Å². The second kappa shape index (κ2) is 7.93. The maximum Gasteiger partial charge on any atom is 0.246 e. The zero-order valence-corrected chi connectivity index (χ0v) is 15.8. The number of methoxy groups -OCH3 is 1. The third kappa shape index (κ3) is 3.99. The minimum atomic E-state index is 0.00162. The summed E-state index contributed by atoms with van der Waals surface area (Å²) in [5, 5.41) is 2.55.